The highest BCUT2D eigenvalue weighted by Gasteiger charge is 2.22. The van der Waals surface area contributed by atoms with Crippen molar-refractivity contribution in [2.75, 3.05) is 19.8 Å². The van der Waals surface area contributed by atoms with Gasteiger partial charge in [0.2, 0.25) is 0 Å². The number of nitrogens with one attached hydrogen (secondary N) is 1. The van der Waals surface area contributed by atoms with E-state index in [0.717, 1.165) is 23.2 Å². The lowest BCUT2D eigenvalue weighted by Gasteiger charge is -2.28. The van der Waals surface area contributed by atoms with Gasteiger partial charge >= 0.3 is 0 Å². The van der Waals surface area contributed by atoms with E-state index < -0.39 is 6.10 Å². The number of hydrogen-bond donors (Lipinski definition) is 2. The van der Waals surface area contributed by atoms with Gasteiger partial charge in [-0.2, -0.15) is 0 Å². The Bertz CT molecular complexity index is 309. The summed E-state index contributed by atoms with van der Waals surface area (Å²) in [7, 11) is 0. The third kappa shape index (κ3) is 2.78. The Kier molecular flexibility index (Phi) is 3.75. The Balaban J connectivity index is 2.05. The second-order valence-electron chi connectivity index (χ2n) is 3.63. The monoisotopic (exact) mass is 271 g/mol. The normalized spacial score (nSPS) is 23.7. The Morgan fingerprint density at radius 3 is 2.73 bits per heavy atom. The molecule has 2 unspecified atom stereocenters. The standard InChI is InChI=1S/C11H14BrNO2/c12-9-3-1-8(2-4-9)11(14)10-7-15-6-5-13-10/h1-4,10-11,13-14H,5-7H2. The Morgan fingerprint density at radius 1 is 1.40 bits per heavy atom. The van der Waals surface area contributed by atoms with Gasteiger partial charge in [0.25, 0.3) is 0 Å². The van der Waals surface area contributed by atoms with Crippen LogP contribution in [-0.4, -0.2) is 30.9 Å². The lowest BCUT2D eigenvalue weighted by Crippen LogP contribution is -2.45. The fraction of sp³-hybridized carbons (Fsp3) is 0.455. The maximum Gasteiger partial charge on any atom is 0.0965 e. The highest BCUT2D eigenvalue weighted by molar-refractivity contribution is 9.10. The van der Waals surface area contributed by atoms with Gasteiger partial charge in [-0.3, -0.25) is 0 Å². The lowest BCUT2D eigenvalue weighted by atomic mass is 10.0. The van der Waals surface area contributed by atoms with Crippen molar-refractivity contribution in [2.24, 2.45) is 0 Å². The molecule has 82 valence electrons. The molecule has 1 aliphatic rings. The SMILES string of the molecule is OC(c1ccc(Br)cc1)C1COCCN1. The van der Waals surface area contributed by atoms with E-state index in [1.54, 1.807) is 0 Å². The number of morpholine rings is 1. The van der Waals surface area contributed by atoms with E-state index in [2.05, 4.69) is 21.2 Å². The van der Waals surface area contributed by atoms with Crippen LogP contribution < -0.4 is 5.32 Å². The molecular formula is C11H14BrNO2. The first-order valence-electron chi connectivity index (χ1n) is 5.02. The van der Waals surface area contributed by atoms with Gasteiger partial charge < -0.3 is 15.2 Å². The molecule has 4 heteroatoms. The zero-order valence-electron chi connectivity index (χ0n) is 8.32. The van der Waals surface area contributed by atoms with E-state index in [-0.39, 0.29) is 6.04 Å². The molecule has 1 fully saturated rings. The third-order valence-corrected chi connectivity index (χ3v) is 3.07. The highest BCUT2D eigenvalue weighted by atomic mass is 79.9. The molecule has 0 amide bonds. The predicted octanol–water partition coefficient (Wildman–Crippen LogP) is 1.47. The largest absolute Gasteiger partial charge is 0.387 e. The highest BCUT2D eigenvalue weighted by Crippen LogP contribution is 2.20. The van der Waals surface area contributed by atoms with Gasteiger partial charge in [-0.1, -0.05) is 28.1 Å². The Hall–Kier alpha value is -0.420. The van der Waals surface area contributed by atoms with Crippen LogP contribution in [0.1, 0.15) is 11.7 Å². The van der Waals surface area contributed by atoms with Gasteiger partial charge in [0, 0.05) is 11.0 Å². The van der Waals surface area contributed by atoms with Crippen molar-refractivity contribution in [1.82, 2.24) is 5.32 Å². The minimum Gasteiger partial charge on any atom is -0.387 e. The van der Waals surface area contributed by atoms with E-state index in [1.165, 1.54) is 0 Å². The summed E-state index contributed by atoms with van der Waals surface area (Å²) < 4.78 is 6.34. The molecule has 2 rings (SSSR count). The molecule has 0 saturated carbocycles. The van der Waals surface area contributed by atoms with Crippen LogP contribution in [0.15, 0.2) is 28.7 Å². The minimum absolute atomic E-state index is 0.0000690. The molecule has 2 N–H and O–H groups in total. The molecule has 1 aliphatic heterocycles. The molecule has 0 radical (unpaired) electrons. The summed E-state index contributed by atoms with van der Waals surface area (Å²) in [6.07, 6.45) is -0.501. The van der Waals surface area contributed by atoms with Gasteiger partial charge in [-0.15, -0.1) is 0 Å². The van der Waals surface area contributed by atoms with Gasteiger partial charge in [0.1, 0.15) is 0 Å². The summed E-state index contributed by atoms with van der Waals surface area (Å²) in [5.41, 5.74) is 0.918. The van der Waals surface area contributed by atoms with Crippen molar-refractivity contribution < 1.29 is 9.84 Å². The van der Waals surface area contributed by atoms with E-state index >= 15 is 0 Å². The molecule has 1 aromatic rings. The summed E-state index contributed by atoms with van der Waals surface area (Å²) in [4.78, 5) is 0. The third-order valence-electron chi connectivity index (χ3n) is 2.54. The predicted molar refractivity (Wildman–Crippen MR) is 61.7 cm³/mol. The van der Waals surface area contributed by atoms with Gasteiger partial charge in [0.05, 0.1) is 25.4 Å². The molecule has 1 aromatic carbocycles. The number of aliphatic hydroxyl groups excluding tert-OH is 1. The van der Waals surface area contributed by atoms with E-state index in [4.69, 9.17) is 4.74 Å². The van der Waals surface area contributed by atoms with Gasteiger partial charge in [-0.25, -0.2) is 0 Å². The molecule has 0 aliphatic carbocycles. The first-order valence-corrected chi connectivity index (χ1v) is 5.81. The fourth-order valence-electron chi connectivity index (χ4n) is 1.68. The molecular weight excluding hydrogens is 258 g/mol. The number of hydrogen-bond acceptors (Lipinski definition) is 3. The number of halogens is 1. The lowest BCUT2D eigenvalue weighted by molar-refractivity contribution is 0.0177. The zero-order chi connectivity index (χ0) is 10.7. The van der Waals surface area contributed by atoms with Crippen molar-refractivity contribution in [3.8, 4) is 0 Å². The Labute approximate surface area is 97.6 Å². The smallest absolute Gasteiger partial charge is 0.0965 e. The van der Waals surface area contributed by atoms with Crippen LogP contribution in [0.2, 0.25) is 0 Å². The molecule has 1 heterocycles. The molecule has 15 heavy (non-hydrogen) atoms. The summed E-state index contributed by atoms with van der Waals surface area (Å²) in [6, 6.07) is 7.71. The molecule has 0 spiro atoms. The number of benzene rings is 1. The van der Waals surface area contributed by atoms with Crippen molar-refractivity contribution in [1.29, 1.82) is 0 Å². The van der Waals surface area contributed by atoms with Crippen molar-refractivity contribution in [3.63, 3.8) is 0 Å². The van der Waals surface area contributed by atoms with Crippen molar-refractivity contribution >= 4 is 15.9 Å². The van der Waals surface area contributed by atoms with Gasteiger partial charge in [-0.05, 0) is 17.7 Å². The molecule has 0 bridgehead atoms. The minimum atomic E-state index is -0.501. The van der Waals surface area contributed by atoms with Crippen LogP contribution in [0.4, 0.5) is 0 Å². The molecule has 1 saturated heterocycles. The van der Waals surface area contributed by atoms with Crippen LogP contribution >= 0.6 is 15.9 Å². The number of rotatable bonds is 2. The fourth-order valence-corrected chi connectivity index (χ4v) is 1.95. The van der Waals surface area contributed by atoms with Gasteiger partial charge in [0.15, 0.2) is 0 Å². The second-order valence-corrected chi connectivity index (χ2v) is 4.55. The van der Waals surface area contributed by atoms with Crippen molar-refractivity contribution in [2.45, 2.75) is 12.1 Å². The Morgan fingerprint density at radius 2 is 2.13 bits per heavy atom. The maximum atomic E-state index is 10.1. The van der Waals surface area contributed by atoms with E-state index in [9.17, 15) is 5.11 Å². The molecule has 2 atom stereocenters. The first kappa shape index (κ1) is 11.1. The second kappa shape index (κ2) is 5.07. The topological polar surface area (TPSA) is 41.5 Å². The summed E-state index contributed by atoms with van der Waals surface area (Å²) in [5.74, 6) is 0. The summed E-state index contributed by atoms with van der Waals surface area (Å²) in [6.45, 7) is 2.10. The quantitative estimate of drug-likeness (QED) is 0.856. The van der Waals surface area contributed by atoms with Crippen LogP contribution in [0.5, 0.6) is 0 Å². The first-order chi connectivity index (χ1) is 7.27. The summed E-state index contributed by atoms with van der Waals surface area (Å²) in [5, 5.41) is 13.3. The van der Waals surface area contributed by atoms with Crippen LogP contribution in [0, 0.1) is 0 Å². The molecule has 0 aromatic heterocycles. The average Bonchev–Trinajstić information content (AvgIpc) is 2.30. The van der Waals surface area contributed by atoms with Crippen LogP contribution in [-0.2, 0) is 4.74 Å². The van der Waals surface area contributed by atoms with Crippen LogP contribution in [0.3, 0.4) is 0 Å². The molecule has 3 nitrogen and oxygen atoms in total. The summed E-state index contributed by atoms with van der Waals surface area (Å²) >= 11 is 3.37. The average molecular weight is 272 g/mol. The maximum absolute atomic E-state index is 10.1. The van der Waals surface area contributed by atoms with Crippen LogP contribution in [0.25, 0.3) is 0 Å². The van der Waals surface area contributed by atoms with E-state index in [0.29, 0.717) is 6.61 Å². The zero-order valence-corrected chi connectivity index (χ0v) is 9.90. The van der Waals surface area contributed by atoms with Crippen molar-refractivity contribution in [3.05, 3.63) is 34.3 Å². The number of ether oxygens (including phenoxy) is 1. The number of aliphatic hydroxyl groups is 1. The van der Waals surface area contributed by atoms with E-state index in [1.807, 2.05) is 24.3 Å².